The molecule has 0 atom stereocenters. The van der Waals surface area contributed by atoms with Gasteiger partial charge >= 0.3 is 0 Å². The van der Waals surface area contributed by atoms with Gasteiger partial charge in [-0.25, -0.2) is 9.97 Å². The molecule has 5 nitrogen and oxygen atoms in total. The number of aromatic nitrogens is 3. The van der Waals surface area contributed by atoms with Crippen LogP contribution in [0.4, 0.5) is 0 Å². The van der Waals surface area contributed by atoms with Gasteiger partial charge in [0.25, 0.3) is 5.91 Å². The third kappa shape index (κ3) is 5.33. The van der Waals surface area contributed by atoms with Crippen LogP contribution in [-0.2, 0) is 12.3 Å². The number of hydrogen-bond donors (Lipinski definition) is 1. The highest BCUT2D eigenvalue weighted by Gasteiger charge is 2.13. The number of nitrogens with one attached hydrogen (secondary N) is 1. The summed E-state index contributed by atoms with van der Waals surface area (Å²) in [5.74, 6) is 0.829. The first-order valence-electron chi connectivity index (χ1n) is 10.6. The van der Waals surface area contributed by atoms with Crippen LogP contribution < -0.4 is 5.32 Å². The molecule has 0 spiro atoms. The second kappa shape index (κ2) is 10.3. The lowest BCUT2D eigenvalue weighted by atomic mass is 10.1. The Morgan fingerprint density at radius 2 is 1.81 bits per heavy atom. The van der Waals surface area contributed by atoms with Crippen molar-refractivity contribution in [2.24, 2.45) is 0 Å². The van der Waals surface area contributed by atoms with E-state index in [1.165, 1.54) is 5.56 Å². The predicted molar refractivity (Wildman–Crippen MR) is 126 cm³/mol. The van der Waals surface area contributed by atoms with Crippen molar-refractivity contribution >= 4 is 28.8 Å². The van der Waals surface area contributed by atoms with Gasteiger partial charge in [0.2, 0.25) is 0 Å². The average molecular weight is 431 g/mol. The lowest BCUT2D eigenvalue weighted by Crippen LogP contribution is -2.24. The van der Waals surface area contributed by atoms with Gasteiger partial charge in [0.15, 0.2) is 10.8 Å². The second-order valence-corrected chi connectivity index (χ2v) is 8.35. The third-order valence-electron chi connectivity index (χ3n) is 5.05. The molecule has 0 bridgehead atoms. The first-order valence-corrected chi connectivity index (χ1v) is 11.6. The fraction of sp³-hybridized carbons (Fsp3) is 0.240. The molecule has 0 radical (unpaired) electrons. The smallest absolute Gasteiger partial charge is 0.251 e. The van der Waals surface area contributed by atoms with Crippen LogP contribution in [0.5, 0.6) is 0 Å². The number of hydrogen-bond acceptors (Lipinski definition) is 4. The Kier molecular flexibility index (Phi) is 6.99. The highest BCUT2D eigenvalue weighted by atomic mass is 32.2. The van der Waals surface area contributed by atoms with E-state index in [1.54, 1.807) is 18.0 Å². The quantitative estimate of drug-likeness (QED) is 0.289. The number of pyridine rings is 1. The second-order valence-electron chi connectivity index (χ2n) is 7.41. The van der Waals surface area contributed by atoms with Gasteiger partial charge in [-0.1, -0.05) is 67.6 Å². The summed E-state index contributed by atoms with van der Waals surface area (Å²) >= 11 is 1.71. The molecule has 0 saturated heterocycles. The molecule has 0 aliphatic carbocycles. The van der Waals surface area contributed by atoms with Crippen LogP contribution in [0, 0.1) is 0 Å². The maximum Gasteiger partial charge on any atom is 0.251 e. The summed E-state index contributed by atoms with van der Waals surface area (Å²) < 4.78 is 2.15. The molecule has 2 aromatic heterocycles. The molecule has 31 heavy (non-hydrogen) atoms. The largest absolute Gasteiger partial charge is 0.352 e. The van der Waals surface area contributed by atoms with E-state index in [9.17, 15) is 4.79 Å². The van der Waals surface area contributed by atoms with Crippen molar-refractivity contribution in [3.8, 4) is 0 Å². The monoisotopic (exact) mass is 430 g/mol. The van der Waals surface area contributed by atoms with E-state index in [4.69, 9.17) is 4.98 Å². The van der Waals surface area contributed by atoms with Crippen molar-refractivity contribution in [3.63, 3.8) is 0 Å². The van der Waals surface area contributed by atoms with Gasteiger partial charge in [0.05, 0.1) is 6.54 Å². The van der Waals surface area contributed by atoms with Gasteiger partial charge in [-0.05, 0) is 41.8 Å². The Bertz CT molecular complexity index is 1140. The Morgan fingerprint density at radius 1 is 1.00 bits per heavy atom. The minimum absolute atomic E-state index is 0.0196. The van der Waals surface area contributed by atoms with Crippen molar-refractivity contribution in [1.29, 1.82) is 0 Å². The van der Waals surface area contributed by atoms with Crippen LogP contribution in [-0.4, -0.2) is 27.0 Å². The number of fused-ring (bicyclic) bond motifs is 1. The summed E-state index contributed by atoms with van der Waals surface area (Å²) in [6, 6.07) is 22.1. The average Bonchev–Trinajstić information content (AvgIpc) is 3.16. The van der Waals surface area contributed by atoms with Gasteiger partial charge < -0.3 is 5.32 Å². The Hall–Kier alpha value is -3.12. The summed E-state index contributed by atoms with van der Waals surface area (Å²) in [6.07, 6.45) is 3.86. The molecule has 158 valence electrons. The summed E-state index contributed by atoms with van der Waals surface area (Å²) in [6.45, 7) is 3.48. The van der Waals surface area contributed by atoms with Crippen LogP contribution >= 0.6 is 11.8 Å². The van der Waals surface area contributed by atoms with Crippen molar-refractivity contribution in [2.45, 2.75) is 37.2 Å². The predicted octanol–water partition coefficient (Wildman–Crippen LogP) is 5.30. The van der Waals surface area contributed by atoms with E-state index in [-0.39, 0.29) is 5.91 Å². The van der Waals surface area contributed by atoms with E-state index >= 15 is 0 Å². The maximum atomic E-state index is 12.3. The van der Waals surface area contributed by atoms with Gasteiger partial charge in [-0.2, -0.15) is 0 Å². The van der Waals surface area contributed by atoms with Gasteiger partial charge in [0, 0.05) is 24.1 Å². The number of amides is 1. The number of imidazole rings is 1. The lowest BCUT2D eigenvalue weighted by Gasteiger charge is -2.10. The Balaban J connectivity index is 1.52. The highest BCUT2D eigenvalue weighted by molar-refractivity contribution is 7.98. The van der Waals surface area contributed by atoms with Crippen LogP contribution in [0.25, 0.3) is 11.2 Å². The number of carbonyl (C=O) groups is 1. The molecule has 4 rings (SSSR count). The van der Waals surface area contributed by atoms with Crippen molar-refractivity contribution in [1.82, 2.24) is 19.9 Å². The van der Waals surface area contributed by atoms with E-state index in [0.717, 1.165) is 40.5 Å². The van der Waals surface area contributed by atoms with E-state index < -0.39 is 0 Å². The van der Waals surface area contributed by atoms with Crippen molar-refractivity contribution in [3.05, 3.63) is 89.6 Å². The van der Waals surface area contributed by atoms with Crippen LogP contribution in [0.1, 0.15) is 41.3 Å². The van der Waals surface area contributed by atoms with Crippen molar-refractivity contribution in [2.75, 3.05) is 6.54 Å². The molecule has 0 aliphatic rings. The van der Waals surface area contributed by atoms with E-state index in [1.807, 2.05) is 42.5 Å². The molecular weight excluding hydrogens is 404 g/mol. The number of benzene rings is 2. The van der Waals surface area contributed by atoms with Gasteiger partial charge in [0.1, 0.15) is 5.52 Å². The number of carbonyl (C=O) groups excluding carboxylic acids is 1. The van der Waals surface area contributed by atoms with E-state index in [0.29, 0.717) is 18.7 Å². The zero-order valence-corrected chi connectivity index (χ0v) is 18.4. The first-order chi connectivity index (χ1) is 15.2. The van der Waals surface area contributed by atoms with E-state index in [2.05, 4.69) is 46.1 Å². The molecule has 0 unspecified atom stereocenters. The van der Waals surface area contributed by atoms with Gasteiger partial charge in [-0.15, -0.1) is 0 Å². The molecule has 0 fully saturated rings. The summed E-state index contributed by atoms with van der Waals surface area (Å²) in [5, 5.41) is 3.91. The molecule has 0 aliphatic heterocycles. The summed E-state index contributed by atoms with van der Waals surface area (Å²) in [4.78, 5) is 21.6. The molecule has 6 heteroatoms. The number of nitrogens with zero attached hydrogens (tertiary/aromatic N) is 3. The first kappa shape index (κ1) is 21.1. The summed E-state index contributed by atoms with van der Waals surface area (Å²) in [7, 11) is 0. The maximum absolute atomic E-state index is 12.3. The standard InChI is InChI=1S/C25H26N4OS/c1-2-3-15-27-24(30)21-13-11-19(12-14-21)17-29-23-22(10-7-16-26-23)28-25(29)31-18-20-8-5-4-6-9-20/h4-14,16H,2-3,15,17-18H2,1H3,(H,27,30). The Labute approximate surface area is 186 Å². The number of thioether (sulfide) groups is 1. The van der Waals surface area contributed by atoms with Gasteiger partial charge in [-0.3, -0.25) is 9.36 Å². The molecule has 2 aromatic carbocycles. The molecule has 4 aromatic rings. The minimum atomic E-state index is -0.0196. The lowest BCUT2D eigenvalue weighted by molar-refractivity contribution is 0.0953. The Morgan fingerprint density at radius 3 is 2.58 bits per heavy atom. The number of unbranched alkanes of at least 4 members (excludes halogenated alkanes) is 1. The van der Waals surface area contributed by atoms with Crippen LogP contribution in [0.3, 0.4) is 0 Å². The topological polar surface area (TPSA) is 59.8 Å². The molecule has 1 N–H and O–H groups in total. The summed E-state index contributed by atoms with van der Waals surface area (Å²) in [5.41, 5.74) is 4.82. The molecular formula is C25H26N4OS. The zero-order chi connectivity index (χ0) is 21.5. The zero-order valence-electron chi connectivity index (χ0n) is 17.6. The fourth-order valence-electron chi connectivity index (χ4n) is 3.34. The molecule has 1 amide bonds. The molecule has 2 heterocycles. The fourth-order valence-corrected chi connectivity index (χ4v) is 4.30. The van der Waals surface area contributed by atoms with Crippen LogP contribution in [0.2, 0.25) is 0 Å². The highest BCUT2D eigenvalue weighted by Crippen LogP contribution is 2.26. The minimum Gasteiger partial charge on any atom is -0.352 e. The van der Waals surface area contributed by atoms with Crippen LogP contribution in [0.15, 0.2) is 78.1 Å². The molecule has 0 saturated carbocycles. The number of rotatable bonds is 9. The normalized spacial score (nSPS) is 11.0. The SMILES string of the molecule is CCCCNC(=O)c1ccc(Cn2c(SCc3ccccc3)nc3cccnc32)cc1. The third-order valence-corrected chi connectivity index (χ3v) is 6.10. The van der Waals surface area contributed by atoms with Crippen molar-refractivity contribution < 1.29 is 4.79 Å².